The van der Waals surface area contributed by atoms with Crippen LogP contribution in [0.25, 0.3) is 5.69 Å². The maximum absolute atomic E-state index is 13.2. The van der Waals surface area contributed by atoms with Crippen LogP contribution in [0.15, 0.2) is 47.5 Å². The summed E-state index contributed by atoms with van der Waals surface area (Å²) in [5.41, 5.74) is 0.755. The molecule has 1 fully saturated rings. The van der Waals surface area contributed by atoms with Gasteiger partial charge in [0.05, 0.1) is 5.69 Å². The first kappa shape index (κ1) is 16.8. The van der Waals surface area contributed by atoms with Gasteiger partial charge in [-0.25, -0.2) is 19.0 Å². The maximum atomic E-state index is 13.2. The van der Waals surface area contributed by atoms with E-state index in [2.05, 4.69) is 17.2 Å². The number of imidazole rings is 1. The monoisotopic (exact) mass is 352 g/mol. The molecule has 7 nitrogen and oxygen atoms in total. The first-order valence-corrected chi connectivity index (χ1v) is 9.24. The van der Waals surface area contributed by atoms with Crippen LogP contribution in [0.5, 0.6) is 0 Å². The van der Waals surface area contributed by atoms with Crippen LogP contribution in [-0.2, 0) is 13.1 Å². The molecule has 4 rings (SSSR count). The largest absolute Gasteiger partial charge is 0.351 e. The molecule has 1 saturated heterocycles. The molecule has 1 atom stereocenters. The van der Waals surface area contributed by atoms with Gasteiger partial charge in [-0.2, -0.15) is 5.10 Å². The van der Waals surface area contributed by atoms with Crippen molar-refractivity contribution < 1.29 is 0 Å². The van der Waals surface area contributed by atoms with Crippen molar-refractivity contribution in [2.45, 2.75) is 38.8 Å². The second-order valence-electron chi connectivity index (χ2n) is 6.64. The van der Waals surface area contributed by atoms with E-state index in [1.807, 2.05) is 41.1 Å². The lowest BCUT2D eigenvalue weighted by Crippen LogP contribution is -2.31. The zero-order chi connectivity index (χ0) is 17.9. The second-order valence-corrected chi connectivity index (χ2v) is 6.64. The molecule has 26 heavy (non-hydrogen) atoms. The molecule has 0 spiro atoms. The van der Waals surface area contributed by atoms with E-state index in [1.54, 1.807) is 15.4 Å². The molecule has 1 aliphatic heterocycles. The summed E-state index contributed by atoms with van der Waals surface area (Å²) < 4.78 is 5.35. The summed E-state index contributed by atoms with van der Waals surface area (Å²) in [6.45, 7) is 5.15. The lowest BCUT2D eigenvalue weighted by Gasteiger charge is -2.22. The molecule has 1 N–H and O–H groups in total. The third-order valence-corrected chi connectivity index (χ3v) is 4.97. The predicted molar refractivity (Wildman–Crippen MR) is 99.7 cm³/mol. The number of hydrogen-bond donors (Lipinski definition) is 1. The molecule has 0 amide bonds. The third kappa shape index (κ3) is 3.10. The van der Waals surface area contributed by atoms with E-state index >= 15 is 0 Å². The first-order chi connectivity index (χ1) is 12.8. The normalized spacial score (nSPS) is 17.5. The minimum atomic E-state index is -0.109. The summed E-state index contributed by atoms with van der Waals surface area (Å²) in [4.78, 5) is 17.6. The minimum Gasteiger partial charge on any atom is -0.334 e. The molecule has 1 aliphatic rings. The van der Waals surface area contributed by atoms with Crippen LogP contribution in [0.1, 0.15) is 37.3 Å². The molecule has 0 radical (unpaired) electrons. The van der Waals surface area contributed by atoms with Gasteiger partial charge in [0.2, 0.25) is 0 Å². The Morgan fingerprint density at radius 3 is 2.85 bits per heavy atom. The van der Waals surface area contributed by atoms with Crippen molar-refractivity contribution in [3.05, 3.63) is 64.9 Å². The number of para-hydroxylation sites is 1. The van der Waals surface area contributed by atoms with Crippen LogP contribution in [0.4, 0.5) is 0 Å². The lowest BCUT2D eigenvalue weighted by atomic mass is 9.99. The van der Waals surface area contributed by atoms with E-state index in [9.17, 15) is 4.79 Å². The Morgan fingerprint density at radius 2 is 2.12 bits per heavy atom. The number of aromatic nitrogens is 5. The van der Waals surface area contributed by atoms with Gasteiger partial charge in [0, 0.05) is 31.4 Å². The van der Waals surface area contributed by atoms with Gasteiger partial charge in [-0.1, -0.05) is 18.2 Å². The van der Waals surface area contributed by atoms with Crippen LogP contribution in [0.3, 0.4) is 0 Å². The third-order valence-electron chi connectivity index (χ3n) is 4.97. The molecule has 136 valence electrons. The number of benzene rings is 1. The standard InChI is InChI=1S/C19H24N6O/c1-2-23-12-11-21-17(23)14-24-19(26)25(16-8-4-3-5-9-16)18(22-24)15-7-6-10-20-13-15/h3-5,8-9,11-12,15,20H,2,6-7,10,13-14H2,1H3/t15-/m1/s1. The molecular formula is C19H24N6O. The average molecular weight is 352 g/mol. The molecule has 3 aromatic rings. The Hall–Kier alpha value is -2.67. The van der Waals surface area contributed by atoms with Crippen LogP contribution in [0.2, 0.25) is 0 Å². The van der Waals surface area contributed by atoms with E-state index in [4.69, 9.17) is 5.10 Å². The van der Waals surface area contributed by atoms with E-state index in [0.717, 1.165) is 49.8 Å². The van der Waals surface area contributed by atoms with Gasteiger partial charge in [0.25, 0.3) is 0 Å². The van der Waals surface area contributed by atoms with Gasteiger partial charge in [0.15, 0.2) is 0 Å². The Balaban J connectivity index is 1.78. The van der Waals surface area contributed by atoms with Gasteiger partial charge < -0.3 is 9.88 Å². The topological polar surface area (TPSA) is 69.7 Å². The fourth-order valence-corrected chi connectivity index (χ4v) is 3.60. The van der Waals surface area contributed by atoms with Crippen molar-refractivity contribution in [2.75, 3.05) is 13.1 Å². The molecule has 2 aromatic heterocycles. The van der Waals surface area contributed by atoms with Gasteiger partial charge in [-0.15, -0.1) is 0 Å². The smallest absolute Gasteiger partial charge is 0.334 e. The molecule has 0 saturated carbocycles. The van der Waals surface area contributed by atoms with Crippen molar-refractivity contribution in [3.8, 4) is 5.69 Å². The van der Waals surface area contributed by atoms with Crippen molar-refractivity contribution in [3.63, 3.8) is 0 Å². The van der Waals surface area contributed by atoms with Crippen molar-refractivity contribution in [1.29, 1.82) is 0 Å². The fourth-order valence-electron chi connectivity index (χ4n) is 3.60. The highest BCUT2D eigenvalue weighted by atomic mass is 16.2. The van der Waals surface area contributed by atoms with Gasteiger partial charge in [-0.3, -0.25) is 0 Å². The zero-order valence-corrected chi connectivity index (χ0v) is 15.0. The number of hydrogen-bond acceptors (Lipinski definition) is 4. The number of nitrogens with one attached hydrogen (secondary N) is 1. The predicted octanol–water partition coefficient (Wildman–Crippen LogP) is 1.77. The SMILES string of the molecule is CCn1ccnc1Cn1nc([C@@H]2CCCNC2)n(-c2ccccc2)c1=O. The summed E-state index contributed by atoms with van der Waals surface area (Å²) in [6.07, 6.45) is 5.84. The summed E-state index contributed by atoms with van der Waals surface area (Å²) in [7, 11) is 0. The molecule has 0 aliphatic carbocycles. The Kier molecular flexibility index (Phi) is 4.71. The lowest BCUT2D eigenvalue weighted by molar-refractivity contribution is 0.439. The quantitative estimate of drug-likeness (QED) is 0.760. The molecular weight excluding hydrogens is 328 g/mol. The van der Waals surface area contributed by atoms with E-state index in [0.29, 0.717) is 6.54 Å². The highest BCUT2D eigenvalue weighted by Crippen LogP contribution is 2.23. The van der Waals surface area contributed by atoms with Crippen LogP contribution in [0, 0.1) is 0 Å². The Labute approximate surface area is 152 Å². The average Bonchev–Trinajstić information content (AvgIpc) is 3.28. The number of aryl methyl sites for hydroxylation is 1. The van der Waals surface area contributed by atoms with Crippen LogP contribution < -0.4 is 11.0 Å². The molecule has 7 heteroatoms. The Morgan fingerprint density at radius 1 is 1.27 bits per heavy atom. The second kappa shape index (κ2) is 7.29. The number of rotatable bonds is 5. The molecule has 3 heterocycles. The van der Waals surface area contributed by atoms with Gasteiger partial charge in [-0.05, 0) is 38.4 Å². The van der Waals surface area contributed by atoms with E-state index in [1.165, 1.54) is 0 Å². The Bertz CT molecular complexity index is 917. The van der Waals surface area contributed by atoms with E-state index in [-0.39, 0.29) is 11.6 Å². The van der Waals surface area contributed by atoms with Crippen molar-refractivity contribution in [2.24, 2.45) is 0 Å². The number of piperidine rings is 1. The molecule has 0 bridgehead atoms. The minimum absolute atomic E-state index is 0.109. The summed E-state index contributed by atoms with van der Waals surface area (Å²) in [5, 5.41) is 8.16. The number of nitrogens with zero attached hydrogens (tertiary/aromatic N) is 5. The van der Waals surface area contributed by atoms with Gasteiger partial charge in [0.1, 0.15) is 18.2 Å². The van der Waals surface area contributed by atoms with E-state index < -0.39 is 0 Å². The van der Waals surface area contributed by atoms with Crippen LogP contribution in [-0.4, -0.2) is 37.0 Å². The molecule has 1 aromatic carbocycles. The van der Waals surface area contributed by atoms with Crippen LogP contribution >= 0.6 is 0 Å². The van der Waals surface area contributed by atoms with Crippen molar-refractivity contribution >= 4 is 0 Å². The summed E-state index contributed by atoms with van der Waals surface area (Å²) in [5.74, 6) is 1.92. The van der Waals surface area contributed by atoms with Crippen molar-refractivity contribution in [1.82, 2.24) is 29.2 Å². The molecule has 0 unspecified atom stereocenters. The highest BCUT2D eigenvalue weighted by molar-refractivity contribution is 5.33. The summed E-state index contributed by atoms with van der Waals surface area (Å²) in [6, 6.07) is 9.77. The maximum Gasteiger partial charge on any atom is 0.351 e. The van der Waals surface area contributed by atoms with Gasteiger partial charge >= 0.3 is 5.69 Å². The zero-order valence-electron chi connectivity index (χ0n) is 15.0. The first-order valence-electron chi connectivity index (χ1n) is 9.24. The fraction of sp³-hybridized carbons (Fsp3) is 0.421. The highest BCUT2D eigenvalue weighted by Gasteiger charge is 2.25. The summed E-state index contributed by atoms with van der Waals surface area (Å²) >= 11 is 0.